The van der Waals surface area contributed by atoms with Crippen molar-refractivity contribution in [3.05, 3.63) is 28.5 Å². The number of aromatic nitrogens is 2. The third kappa shape index (κ3) is 1.86. The zero-order valence-corrected chi connectivity index (χ0v) is 9.74. The summed E-state index contributed by atoms with van der Waals surface area (Å²) in [6.07, 6.45) is -2.55. The molecule has 2 nitrogen and oxygen atoms in total. The van der Waals surface area contributed by atoms with Gasteiger partial charge in [-0.15, -0.1) is 0 Å². The number of fused-ring (bicyclic) bond motifs is 1. The van der Waals surface area contributed by atoms with Crippen molar-refractivity contribution in [2.45, 2.75) is 11.8 Å². The number of halogens is 4. The predicted molar refractivity (Wildman–Crippen MR) is 58.7 cm³/mol. The summed E-state index contributed by atoms with van der Waals surface area (Å²) in [5.74, 6) is 0.583. The molecule has 0 amide bonds. The van der Waals surface area contributed by atoms with E-state index >= 15 is 0 Å². The highest BCUT2D eigenvalue weighted by Crippen LogP contribution is 2.30. The average molecular weight is 296 g/mol. The van der Waals surface area contributed by atoms with Crippen LogP contribution in [0.15, 0.2) is 12.1 Å². The Kier molecular flexibility index (Phi) is 2.93. The molecule has 0 atom stereocenters. The van der Waals surface area contributed by atoms with Crippen molar-refractivity contribution in [1.29, 1.82) is 0 Å². The minimum absolute atomic E-state index is 0.0992. The van der Waals surface area contributed by atoms with Crippen LogP contribution in [0.5, 0.6) is 0 Å². The van der Waals surface area contributed by atoms with E-state index in [0.717, 1.165) is 0 Å². The molecule has 15 heavy (non-hydrogen) atoms. The van der Waals surface area contributed by atoms with Crippen molar-refractivity contribution < 1.29 is 8.78 Å². The smallest absolute Gasteiger partial charge is 0.266 e. The van der Waals surface area contributed by atoms with E-state index in [-0.39, 0.29) is 11.1 Å². The molecule has 1 aromatic heterocycles. The van der Waals surface area contributed by atoms with Gasteiger partial charge >= 0.3 is 0 Å². The van der Waals surface area contributed by atoms with Crippen molar-refractivity contribution in [1.82, 2.24) is 9.97 Å². The number of H-pyrrole nitrogens is 1. The predicted octanol–water partition coefficient (Wildman–Crippen LogP) is 4.05. The molecule has 80 valence electrons. The minimum Gasteiger partial charge on any atom is -0.340 e. The second-order valence-corrected chi connectivity index (χ2v) is 3.95. The first-order valence-corrected chi connectivity index (χ1v) is 5.64. The number of nitrogens with one attached hydrogen (secondary N) is 1. The SMILES string of the molecule is FC(F)c1ccc(Cl)c2[nH]c(CBr)nc12. The van der Waals surface area contributed by atoms with E-state index in [4.69, 9.17) is 11.6 Å². The lowest BCUT2D eigenvalue weighted by molar-refractivity contribution is 0.153. The van der Waals surface area contributed by atoms with Crippen LogP contribution in [0.2, 0.25) is 5.02 Å². The minimum atomic E-state index is -2.55. The molecule has 0 spiro atoms. The largest absolute Gasteiger partial charge is 0.340 e. The van der Waals surface area contributed by atoms with Crippen LogP contribution >= 0.6 is 27.5 Å². The zero-order chi connectivity index (χ0) is 11.0. The molecule has 0 aliphatic rings. The summed E-state index contributed by atoms with van der Waals surface area (Å²) in [7, 11) is 0. The van der Waals surface area contributed by atoms with E-state index in [2.05, 4.69) is 25.9 Å². The van der Waals surface area contributed by atoms with E-state index in [0.29, 0.717) is 21.7 Å². The number of alkyl halides is 3. The molecule has 0 aliphatic carbocycles. The van der Waals surface area contributed by atoms with Crippen LogP contribution in [0.3, 0.4) is 0 Å². The van der Waals surface area contributed by atoms with E-state index in [9.17, 15) is 8.78 Å². The maximum atomic E-state index is 12.6. The Hall–Kier alpha value is -0.680. The molecule has 2 aromatic rings. The number of nitrogens with zero attached hydrogens (tertiary/aromatic N) is 1. The molecule has 6 heteroatoms. The third-order valence-electron chi connectivity index (χ3n) is 2.04. The standard InChI is InChI=1S/C9H6BrClF2N2/c10-3-6-14-7-4(9(12)13)1-2-5(11)8(7)15-6/h1-2,9H,3H2,(H,14,15). The normalized spacial score (nSPS) is 11.5. The topological polar surface area (TPSA) is 28.7 Å². The van der Waals surface area contributed by atoms with Crippen molar-refractivity contribution in [2.75, 3.05) is 0 Å². The second kappa shape index (κ2) is 4.06. The van der Waals surface area contributed by atoms with E-state index in [1.807, 2.05) is 0 Å². The fourth-order valence-electron chi connectivity index (χ4n) is 1.37. The quantitative estimate of drug-likeness (QED) is 0.832. The van der Waals surface area contributed by atoms with Crippen molar-refractivity contribution >= 4 is 38.6 Å². The van der Waals surface area contributed by atoms with Crippen molar-refractivity contribution in [3.63, 3.8) is 0 Å². The molecule has 1 heterocycles. The molecule has 0 saturated carbocycles. The lowest BCUT2D eigenvalue weighted by Crippen LogP contribution is -1.86. The number of hydrogen-bond donors (Lipinski definition) is 1. The van der Waals surface area contributed by atoms with Crippen LogP contribution in [0, 0.1) is 0 Å². The third-order valence-corrected chi connectivity index (χ3v) is 2.88. The summed E-state index contributed by atoms with van der Waals surface area (Å²) in [6.45, 7) is 0. The number of imidazole rings is 1. The Balaban J connectivity index is 2.74. The second-order valence-electron chi connectivity index (χ2n) is 2.98. The fraction of sp³-hybridized carbons (Fsp3) is 0.222. The molecular formula is C9H6BrClF2N2. The number of benzene rings is 1. The monoisotopic (exact) mass is 294 g/mol. The molecule has 1 aromatic carbocycles. The summed E-state index contributed by atoms with van der Waals surface area (Å²) in [5, 5.41) is 0.870. The van der Waals surface area contributed by atoms with Gasteiger partial charge in [0, 0.05) is 5.56 Å². The van der Waals surface area contributed by atoms with Crippen LogP contribution in [-0.4, -0.2) is 9.97 Å². The molecule has 0 saturated heterocycles. The molecule has 1 N–H and O–H groups in total. The summed E-state index contributed by atoms with van der Waals surface area (Å²) in [4.78, 5) is 6.93. The van der Waals surface area contributed by atoms with Gasteiger partial charge in [-0.3, -0.25) is 0 Å². The Bertz CT molecular complexity index is 498. The molecule has 0 unspecified atom stereocenters. The van der Waals surface area contributed by atoms with E-state index < -0.39 is 6.43 Å². The van der Waals surface area contributed by atoms with Gasteiger partial charge in [0.15, 0.2) is 0 Å². The number of hydrogen-bond acceptors (Lipinski definition) is 1. The van der Waals surface area contributed by atoms with Crippen molar-refractivity contribution in [2.24, 2.45) is 0 Å². The van der Waals surface area contributed by atoms with Gasteiger partial charge in [-0.05, 0) is 12.1 Å². The summed E-state index contributed by atoms with van der Waals surface area (Å²) in [6, 6.07) is 2.75. The van der Waals surface area contributed by atoms with Gasteiger partial charge in [-0.1, -0.05) is 27.5 Å². The lowest BCUT2D eigenvalue weighted by atomic mass is 10.2. The maximum absolute atomic E-state index is 12.6. The Morgan fingerprint density at radius 2 is 2.20 bits per heavy atom. The highest BCUT2D eigenvalue weighted by atomic mass is 79.9. The van der Waals surface area contributed by atoms with Gasteiger partial charge < -0.3 is 4.98 Å². The van der Waals surface area contributed by atoms with Gasteiger partial charge in [0.05, 0.1) is 21.4 Å². The van der Waals surface area contributed by atoms with Crippen LogP contribution in [-0.2, 0) is 5.33 Å². The molecule has 0 fully saturated rings. The maximum Gasteiger partial charge on any atom is 0.266 e. The Morgan fingerprint density at radius 3 is 2.80 bits per heavy atom. The Morgan fingerprint density at radius 1 is 1.47 bits per heavy atom. The van der Waals surface area contributed by atoms with Gasteiger partial charge in [0.2, 0.25) is 0 Å². The molecule has 2 rings (SSSR count). The lowest BCUT2D eigenvalue weighted by Gasteiger charge is -2.00. The summed E-state index contributed by atoms with van der Waals surface area (Å²) >= 11 is 9.07. The summed E-state index contributed by atoms with van der Waals surface area (Å²) < 4.78 is 25.3. The van der Waals surface area contributed by atoms with Crippen LogP contribution in [0.4, 0.5) is 8.78 Å². The molecule has 0 bridgehead atoms. The van der Waals surface area contributed by atoms with Crippen molar-refractivity contribution in [3.8, 4) is 0 Å². The van der Waals surface area contributed by atoms with Gasteiger partial charge in [-0.2, -0.15) is 0 Å². The fourth-order valence-corrected chi connectivity index (χ4v) is 1.83. The molecular weight excluding hydrogens is 289 g/mol. The zero-order valence-electron chi connectivity index (χ0n) is 7.40. The average Bonchev–Trinajstić information content (AvgIpc) is 2.62. The highest BCUT2D eigenvalue weighted by Gasteiger charge is 2.16. The van der Waals surface area contributed by atoms with Gasteiger partial charge in [0.25, 0.3) is 6.43 Å². The first-order valence-electron chi connectivity index (χ1n) is 4.14. The first kappa shape index (κ1) is 10.8. The molecule has 0 aliphatic heterocycles. The highest BCUT2D eigenvalue weighted by molar-refractivity contribution is 9.08. The van der Waals surface area contributed by atoms with E-state index in [1.54, 1.807) is 0 Å². The van der Waals surface area contributed by atoms with Crippen LogP contribution in [0.25, 0.3) is 11.0 Å². The molecule has 0 radical (unpaired) electrons. The van der Waals surface area contributed by atoms with Crippen LogP contribution < -0.4 is 0 Å². The summed E-state index contributed by atoms with van der Waals surface area (Å²) in [5.41, 5.74) is 0.605. The van der Waals surface area contributed by atoms with Gasteiger partial charge in [0.1, 0.15) is 5.82 Å². The number of rotatable bonds is 2. The van der Waals surface area contributed by atoms with Gasteiger partial charge in [-0.25, -0.2) is 13.8 Å². The van der Waals surface area contributed by atoms with Crippen LogP contribution in [0.1, 0.15) is 17.8 Å². The Labute approximate surface area is 97.8 Å². The van der Waals surface area contributed by atoms with E-state index in [1.165, 1.54) is 12.1 Å². The number of aromatic amines is 1. The first-order chi connectivity index (χ1) is 7.13.